The van der Waals surface area contributed by atoms with Crippen LogP contribution in [0, 0.1) is 22.7 Å². The standard InChI is InChI=1S/C39H63F2N5O7S/c1-8-16-36(3,4)54(52,53)24-39(19-14-11-15-20-39)45-35(51)44-31(38(7)17-12-10-13-18-38)34(50)46-23-25-28(37(25,5)6)29(46)32(48)43-26(22-27(40)41)30(47)33(49)42-21-9-2/h9,25-29,31H,2,8,10-24H2,1,3-7H3,(H,42,49)(H,43,48)(H2,44,45,51)/t25-,26?,28-,29-,31+/m0/s1. The third kappa shape index (κ3) is 9.46. The maximum absolute atomic E-state index is 14.9. The highest BCUT2D eigenvalue weighted by molar-refractivity contribution is 7.92. The number of hydrogen-bond acceptors (Lipinski definition) is 7. The summed E-state index contributed by atoms with van der Waals surface area (Å²) in [7, 11) is -3.64. The number of Topliss-reactive ketones (excluding diaryl/α,β-unsaturated/α-hetero) is 1. The van der Waals surface area contributed by atoms with Crippen LogP contribution in [0.5, 0.6) is 0 Å². The number of nitrogens with one attached hydrogen (secondary N) is 4. The Hall–Kier alpha value is -3.10. The molecule has 15 heteroatoms. The van der Waals surface area contributed by atoms with E-state index in [-0.39, 0.29) is 36.1 Å². The van der Waals surface area contributed by atoms with Crippen molar-refractivity contribution in [1.29, 1.82) is 0 Å². The van der Waals surface area contributed by atoms with Crippen molar-refractivity contribution in [2.45, 2.75) is 160 Å². The van der Waals surface area contributed by atoms with E-state index in [1.807, 2.05) is 27.7 Å². The number of ketones is 1. The molecule has 1 saturated heterocycles. The first-order valence-corrected chi connectivity index (χ1v) is 21.4. The van der Waals surface area contributed by atoms with Crippen molar-refractivity contribution in [2.24, 2.45) is 22.7 Å². The molecule has 4 N–H and O–H groups in total. The number of piperidine rings is 1. The highest BCUT2D eigenvalue weighted by Gasteiger charge is 2.70. The van der Waals surface area contributed by atoms with Crippen LogP contribution in [-0.4, -0.2) is 96.5 Å². The summed E-state index contributed by atoms with van der Waals surface area (Å²) in [6.07, 6.45) is 5.66. The lowest BCUT2D eigenvalue weighted by molar-refractivity contribution is -0.146. The van der Waals surface area contributed by atoms with Gasteiger partial charge in [-0.05, 0) is 68.6 Å². The molecule has 306 valence electrons. The van der Waals surface area contributed by atoms with Crippen LogP contribution >= 0.6 is 0 Å². The molecule has 0 radical (unpaired) electrons. The van der Waals surface area contributed by atoms with Gasteiger partial charge in [-0.3, -0.25) is 19.2 Å². The Morgan fingerprint density at radius 1 is 0.944 bits per heavy atom. The average molecular weight is 784 g/mol. The van der Waals surface area contributed by atoms with Crippen molar-refractivity contribution in [3.63, 3.8) is 0 Å². The van der Waals surface area contributed by atoms with Crippen LogP contribution < -0.4 is 21.3 Å². The van der Waals surface area contributed by atoms with Crippen molar-refractivity contribution in [3.8, 4) is 0 Å². The molecule has 0 aromatic heterocycles. The quantitative estimate of drug-likeness (QED) is 0.121. The van der Waals surface area contributed by atoms with E-state index in [1.165, 1.54) is 11.0 Å². The second-order valence-electron chi connectivity index (χ2n) is 17.8. The van der Waals surface area contributed by atoms with E-state index < -0.39 is 86.0 Å². The lowest BCUT2D eigenvalue weighted by Crippen LogP contribution is -2.65. The number of halogens is 2. The fourth-order valence-electron chi connectivity index (χ4n) is 9.50. The number of hydrogen-bond donors (Lipinski definition) is 4. The molecule has 5 amide bonds. The van der Waals surface area contributed by atoms with Crippen LogP contribution in [0.4, 0.5) is 13.6 Å². The molecule has 1 unspecified atom stereocenters. The van der Waals surface area contributed by atoms with E-state index in [4.69, 9.17) is 0 Å². The average Bonchev–Trinajstić information content (AvgIpc) is 3.39. The maximum atomic E-state index is 14.9. The van der Waals surface area contributed by atoms with Gasteiger partial charge in [-0.2, -0.15) is 0 Å². The molecule has 3 aliphatic carbocycles. The number of urea groups is 1. The topological polar surface area (TPSA) is 171 Å². The zero-order chi connectivity index (χ0) is 40.3. The molecule has 1 aliphatic heterocycles. The first-order valence-electron chi connectivity index (χ1n) is 19.8. The Bertz CT molecular complexity index is 1540. The van der Waals surface area contributed by atoms with Crippen molar-refractivity contribution >= 4 is 39.4 Å². The van der Waals surface area contributed by atoms with Gasteiger partial charge < -0.3 is 26.2 Å². The zero-order valence-electron chi connectivity index (χ0n) is 33.0. The zero-order valence-corrected chi connectivity index (χ0v) is 33.8. The summed E-state index contributed by atoms with van der Waals surface area (Å²) >= 11 is 0. The van der Waals surface area contributed by atoms with Crippen molar-refractivity contribution in [3.05, 3.63) is 12.7 Å². The van der Waals surface area contributed by atoms with Crippen LogP contribution in [0.25, 0.3) is 0 Å². The first kappa shape index (κ1) is 43.6. The Morgan fingerprint density at radius 2 is 1.54 bits per heavy atom. The fourth-order valence-corrected chi connectivity index (χ4v) is 11.5. The Balaban J connectivity index is 1.63. The number of carbonyl (C=O) groups excluding carboxylic acids is 5. The minimum Gasteiger partial charge on any atom is -0.346 e. The minimum absolute atomic E-state index is 0.0721. The van der Waals surface area contributed by atoms with Crippen LogP contribution in [0.3, 0.4) is 0 Å². The minimum atomic E-state index is -3.64. The molecule has 54 heavy (non-hydrogen) atoms. The summed E-state index contributed by atoms with van der Waals surface area (Å²) in [6.45, 7) is 14.8. The van der Waals surface area contributed by atoms with E-state index in [1.54, 1.807) is 13.8 Å². The van der Waals surface area contributed by atoms with Gasteiger partial charge in [0.1, 0.15) is 18.1 Å². The molecule has 0 aromatic rings. The van der Waals surface area contributed by atoms with Gasteiger partial charge in [0, 0.05) is 19.5 Å². The Kier molecular flexibility index (Phi) is 13.7. The van der Waals surface area contributed by atoms with Crippen LogP contribution in [0.15, 0.2) is 12.7 Å². The van der Waals surface area contributed by atoms with Crippen molar-refractivity contribution in [2.75, 3.05) is 18.8 Å². The molecule has 1 heterocycles. The summed E-state index contributed by atoms with van der Waals surface area (Å²) in [4.78, 5) is 69.9. The van der Waals surface area contributed by atoms with Crippen LogP contribution in [0.2, 0.25) is 0 Å². The number of amides is 5. The lowest BCUT2D eigenvalue weighted by atomic mass is 9.70. The van der Waals surface area contributed by atoms with Crippen molar-refractivity contribution < 1.29 is 41.2 Å². The summed E-state index contributed by atoms with van der Waals surface area (Å²) in [5.74, 6) is -4.31. The molecule has 4 aliphatic rings. The van der Waals surface area contributed by atoms with E-state index in [2.05, 4.69) is 27.8 Å². The summed E-state index contributed by atoms with van der Waals surface area (Å²) in [5.41, 5.74) is -2.07. The molecule has 4 rings (SSSR count). The number of likely N-dealkylation sites (tertiary alicyclic amines) is 1. The van der Waals surface area contributed by atoms with E-state index in [0.717, 1.165) is 38.5 Å². The largest absolute Gasteiger partial charge is 0.346 e. The number of alkyl halides is 2. The van der Waals surface area contributed by atoms with Gasteiger partial charge in [0.2, 0.25) is 24.0 Å². The Labute approximate surface area is 320 Å². The summed E-state index contributed by atoms with van der Waals surface area (Å²) in [5, 5.41) is 10.7. The highest BCUT2D eigenvalue weighted by atomic mass is 32.2. The number of rotatable bonds is 17. The second-order valence-corrected chi connectivity index (χ2v) is 20.4. The first-order chi connectivity index (χ1) is 25.1. The molecule has 0 spiro atoms. The summed E-state index contributed by atoms with van der Waals surface area (Å²) in [6, 6.07) is -4.67. The molecule has 12 nitrogen and oxygen atoms in total. The lowest BCUT2D eigenvalue weighted by Gasteiger charge is -2.44. The molecule has 3 saturated carbocycles. The van der Waals surface area contributed by atoms with E-state index in [9.17, 15) is 41.2 Å². The number of fused-ring (bicyclic) bond motifs is 1. The third-order valence-corrected chi connectivity index (χ3v) is 15.8. The monoisotopic (exact) mass is 783 g/mol. The van der Waals surface area contributed by atoms with Gasteiger partial charge in [0.05, 0.1) is 16.0 Å². The van der Waals surface area contributed by atoms with Gasteiger partial charge in [0.25, 0.3) is 5.91 Å². The fraction of sp³-hybridized carbons (Fsp3) is 0.821. The predicted octanol–water partition coefficient (Wildman–Crippen LogP) is 4.82. The molecule has 0 aromatic carbocycles. The normalized spacial score (nSPS) is 25.4. The third-order valence-electron chi connectivity index (χ3n) is 13.0. The highest BCUT2D eigenvalue weighted by Crippen LogP contribution is 2.65. The van der Waals surface area contributed by atoms with Gasteiger partial charge in [-0.1, -0.05) is 78.7 Å². The van der Waals surface area contributed by atoms with E-state index in [0.29, 0.717) is 38.5 Å². The van der Waals surface area contributed by atoms with E-state index >= 15 is 0 Å². The van der Waals surface area contributed by atoms with Gasteiger partial charge in [-0.25, -0.2) is 22.0 Å². The van der Waals surface area contributed by atoms with Crippen molar-refractivity contribution in [1.82, 2.24) is 26.2 Å². The van der Waals surface area contributed by atoms with Gasteiger partial charge in [0.15, 0.2) is 9.84 Å². The molecule has 0 bridgehead atoms. The Morgan fingerprint density at radius 3 is 2.09 bits per heavy atom. The molecule has 5 atom stereocenters. The van der Waals surface area contributed by atoms with Crippen LogP contribution in [0.1, 0.15) is 125 Å². The number of sulfone groups is 1. The molecule has 4 fully saturated rings. The molecular weight excluding hydrogens is 721 g/mol. The maximum Gasteiger partial charge on any atom is 0.315 e. The van der Waals surface area contributed by atoms with Crippen LogP contribution in [-0.2, 0) is 29.0 Å². The predicted molar refractivity (Wildman–Crippen MR) is 202 cm³/mol. The number of nitrogens with zero attached hydrogens (tertiary/aromatic N) is 1. The smallest absolute Gasteiger partial charge is 0.315 e. The molecular formula is C39H63F2N5O7S. The van der Waals surface area contributed by atoms with Gasteiger partial charge >= 0.3 is 6.03 Å². The SMILES string of the molecule is C=CCNC(=O)C(=O)C(CC(F)F)NC(=O)[C@@H]1[C@@H]2[C@H](CN1C(=O)[C@@H](NC(=O)NC1(CS(=O)(=O)C(C)(C)CCC)CCCCC1)C1(C)CCCCC1)C2(C)C. The second kappa shape index (κ2) is 17.0. The number of carbonyl (C=O) groups is 5. The summed E-state index contributed by atoms with van der Waals surface area (Å²) < 4.78 is 53.9. The van der Waals surface area contributed by atoms with Gasteiger partial charge in [-0.15, -0.1) is 6.58 Å².